The van der Waals surface area contributed by atoms with E-state index in [1.165, 1.54) is 6.42 Å². The Balaban J connectivity index is 1.92. The molecule has 4 heteroatoms. The maximum absolute atomic E-state index is 12.0. The Morgan fingerprint density at radius 1 is 1.11 bits per heavy atom. The summed E-state index contributed by atoms with van der Waals surface area (Å²) in [6.45, 7) is 0. The molecular formula is C14H14ClNO2. The molecule has 1 fully saturated rings. The summed E-state index contributed by atoms with van der Waals surface area (Å²) >= 11 is 5.84. The average Bonchev–Trinajstić information content (AvgIpc) is 2.69. The SMILES string of the molecule is O=C1OC(c2ccc(Cl)cc2)=NC12CCCCC2. The Hall–Kier alpha value is -1.35. The zero-order chi connectivity index (χ0) is 12.6. The number of carbonyl (C=O) groups is 1. The quantitative estimate of drug-likeness (QED) is 0.729. The van der Waals surface area contributed by atoms with E-state index in [1.807, 2.05) is 12.1 Å². The predicted octanol–water partition coefficient (Wildman–Crippen LogP) is 3.35. The average molecular weight is 264 g/mol. The van der Waals surface area contributed by atoms with Gasteiger partial charge in [-0.15, -0.1) is 0 Å². The van der Waals surface area contributed by atoms with Crippen molar-refractivity contribution >= 4 is 23.5 Å². The van der Waals surface area contributed by atoms with Gasteiger partial charge in [0.2, 0.25) is 5.90 Å². The molecule has 1 aliphatic carbocycles. The Kier molecular flexibility index (Phi) is 2.86. The minimum atomic E-state index is -0.604. The highest BCUT2D eigenvalue weighted by atomic mass is 35.5. The normalized spacial score (nSPS) is 21.8. The standard InChI is InChI=1S/C14H14ClNO2/c15-11-6-4-10(5-7-11)12-16-14(13(17)18-12)8-2-1-3-9-14/h4-7H,1-3,8-9H2. The molecule has 0 N–H and O–H groups in total. The van der Waals surface area contributed by atoms with Gasteiger partial charge in [-0.25, -0.2) is 9.79 Å². The molecule has 1 heterocycles. The van der Waals surface area contributed by atoms with Crippen LogP contribution in [0, 0.1) is 0 Å². The first-order valence-electron chi connectivity index (χ1n) is 6.28. The van der Waals surface area contributed by atoms with Gasteiger partial charge in [0, 0.05) is 10.6 Å². The zero-order valence-corrected chi connectivity index (χ0v) is 10.7. The summed E-state index contributed by atoms with van der Waals surface area (Å²) in [5, 5.41) is 0.663. The minimum Gasteiger partial charge on any atom is -0.405 e. The number of cyclic esters (lactones) is 1. The number of rotatable bonds is 1. The summed E-state index contributed by atoms with van der Waals surface area (Å²) in [6, 6.07) is 7.21. The second-order valence-electron chi connectivity index (χ2n) is 4.91. The van der Waals surface area contributed by atoms with Crippen molar-refractivity contribution in [3.05, 3.63) is 34.9 Å². The molecule has 1 aliphatic heterocycles. The third kappa shape index (κ3) is 1.93. The van der Waals surface area contributed by atoms with Crippen molar-refractivity contribution < 1.29 is 9.53 Å². The predicted molar refractivity (Wildman–Crippen MR) is 69.9 cm³/mol. The molecule has 1 spiro atoms. The summed E-state index contributed by atoms with van der Waals surface area (Å²) in [5.41, 5.74) is 0.211. The molecule has 0 saturated heterocycles. The van der Waals surface area contributed by atoms with Crippen LogP contribution in [-0.2, 0) is 9.53 Å². The summed E-state index contributed by atoms with van der Waals surface area (Å²) in [6.07, 6.45) is 4.89. The van der Waals surface area contributed by atoms with E-state index in [0.717, 1.165) is 31.2 Å². The van der Waals surface area contributed by atoms with Crippen molar-refractivity contribution in [3.8, 4) is 0 Å². The lowest BCUT2D eigenvalue weighted by Crippen LogP contribution is -2.35. The lowest BCUT2D eigenvalue weighted by molar-refractivity contribution is -0.140. The van der Waals surface area contributed by atoms with Crippen LogP contribution in [0.5, 0.6) is 0 Å². The van der Waals surface area contributed by atoms with Crippen LogP contribution in [0.25, 0.3) is 0 Å². The number of ether oxygens (including phenoxy) is 1. The van der Waals surface area contributed by atoms with Gasteiger partial charge < -0.3 is 4.74 Å². The van der Waals surface area contributed by atoms with Gasteiger partial charge in [-0.2, -0.15) is 0 Å². The molecule has 1 aromatic carbocycles. The van der Waals surface area contributed by atoms with Gasteiger partial charge in [0.25, 0.3) is 0 Å². The minimum absolute atomic E-state index is 0.188. The molecule has 1 aromatic rings. The number of esters is 1. The molecule has 0 atom stereocenters. The molecule has 0 unspecified atom stereocenters. The molecule has 1 saturated carbocycles. The number of hydrogen-bond acceptors (Lipinski definition) is 3. The highest BCUT2D eigenvalue weighted by molar-refractivity contribution is 6.30. The number of carbonyl (C=O) groups excluding carboxylic acids is 1. The number of nitrogens with zero attached hydrogens (tertiary/aromatic N) is 1. The summed E-state index contributed by atoms with van der Waals surface area (Å²) in [5.74, 6) is 0.255. The Morgan fingerprint density at radius 3 is 2.44 bits per heavy atom. The van der Waals surface area contributed by atoms with E-state index in [4.69, 9.17) is 16.3 Å². The number of aliphatic imine (C=N–C) groups is 1. The first-order chi connectivity index (χ1) is 8.70. The maximum Gasteiger partial charge on any atom is 0.340 e. The highest BCUT2D eigenvalue weighted by Gasteiger charge is 2.46. The van der Waals surface area contributed by atoms with E-state index in [-0.39, 0.29) is 5.97 Å². The van der Waals surface area contributed by atoms with Crippen molar-refractivity contribution in [1.29, 1.82) is 0 Å². The van der Waals surface area contributed by atoms with Gasteiger partial charge in [-0.05, 0) is 37.1 Å². The smallest absolute Gasteiger partial charge is 0.340 e. The van der Waals surface area contributed by atoms with Crippen LogP contribution in [0.4, 0.5) is 0 Å². The monoisotopic (exact) mass is 263 g/mol. The lowest BCUT2D eigenvalue weighted by Gasteiger charge is -2.25. The summed E-state index contributed by atoms with van der Waals surface area (Å²) in [7, 11) is 0. The molecule has 0 bridgehead atoms. The molecule has 0 aromatic heterocycles. The van der Waals surface area contributed by atoms with Crippen LogP contribution < -0.4 is 0 Å². The maximum atomic E-state index is 12.0. The van der Waals surface area contributed by atoms with E-state index in [0.29, 0.717) is 10.9 Å². The molecule has 94 valence electrons. The first kappa shape index (κ1) is 11.7. The van der Waals surface area contributed by atoms with Gasteiger partial charge in [-0.1, -0.05) is 30.9 Å². The van der Waals surface area contributed by atoms with Gasteiger partial charge in [0.15, 0.2) is 5.54 Å². The fourth-order valence-electron chi connectivity index (χ4n) is 2.61. The number of halogens is 1. The highest BCUT2D eigenvalue weighted by Crippen LogP contribution is 2.37. The molecule has 3 rings (SSSR count). The van der Waals surface area contributed by atoms with Gasteiger partial charge in [-0.3, -0.25) is 0 Å². The van der Waals surface area contributed by atoms with Crippen molar-refractivity contribution in [2.75, 3.05) is 0 Å². The fraction of sp³-hybridized carbons (Fsp3) is 0.429. The van der Waals surface area contributed by atoms with Gasteiger partial charge in [0.1, 0.15) is 0 Å². The summed E-state index contributed by atoms with van der Waals surface area (Å²) < 4.78 is 5.35. The van der Waals surface area contributed by atoms with Crippen LogP contribution in [0.15, 0.2) is 29.3 Å². The van der Waals surface area contributed by atoms with Gasteiger partial charge >= 0.3 is 5.97 Å². The number of hydrogen-bond donors (Lipinski definition) is 0. The van der Waals surface area contributed by atoms with Crippen LogP contribution in [0.2, 0.25) is 5.02 Å². The lowest BCUT2D eigenvalue weighted by atomic mass is 9.83. The van der Waals surface area contributed by atoms with E-state index < -0.39 is 5.54 Å². The van der Waals surface area contributed by atoms with E-state index in [9.17, 15) is 4.79 Å². The molecule has 0 radical (unpaired) electrons. The Morgan fingerprint density at radius 2 is 1.78 bits per heavy atom. The topological polar surface area (TPSA) is 38.7 Å². The molecule has 3 nitrogen and oxygen atoms in total. The third-order valence-electron chi connectivity index (χ3n) is 3.66. The van der Waals surface area contributed by atoms with Crippen LogP contribution in [0.3, 0.4) is 0 Å². The van der Waals surface area contributed by atoms with Crippen molar-refractivity contribution in [2.24, 2.45) is 4.99 Å². The van der Waals surface area contributed by atoms with Crippen molar-refractivity contribution in [3.63, 3.8) is 0 Å². The second kappa shape index (κ2) is 4.39. The molecule has 18 heavy (non-hydrogen) atoms. The fourth-order valence-corrected chi connectivity index (χ4v) is 2.74. The number of benzene rings is 1. The second-order valence-corrected chi connectivity index (χ2v) is 5.34. The van der Waals surface area contributed by atoms with Crippen LogP contribution in [0.1, 0.15) is 37.7 Å². The molecule has 0 amide bonds. The Bertz CT molecular complexity index is 501. The van der Waals surface area contributed by atoms with Crippen LogP contribution >= 0.6 is 11.6 Å². The Labute approximate surface area is 111 Å². The zero-order valence-electron chi connectivity index (χ0n) is 9.99. The molecule has 2 aliphatic rings. The van der Waals surface area contributed by atoms with E-state index in [1.54, 1.807) is 12.1 Å². The first-order valence-corrected chi connectivity index (χ1v) is 6.66. The largest absolute Gasteiger partial charge is 0.405 e. The van der Waals surface area contributed by atoms with Crippen molar-refractivity contribution in [1.82, 2.24) is 0 Å². The van der Waals surface area contributed by atoms with E-state index in [2.05, 4.69) is 4.99 Å². The van der Waals surface area contributed by atoms with Crippen LogP contribution in [-0.4, -0.2) is 17.4 Å². The summed E-state index contributed by atoms with van der Waals surface area (Å²) in [4.78, 5) is 16.6. The van der Waals surface area contributed by atoms with E-state index >= 15 is 0 Å². The van der Waals surface area contributed by atoms with Crippen molar-refractivity contribution in [2.45, 2.75) is 37.6 Å². The molecular weight excluding hydrogens is 250 g/mol. The van der Waals surface area contributed by atoms with Gasteiger partial charge in [0.05, 0.1) is 0 Å². The third-order valence-corrected chi connectivity index (χ3v) is 3.91.